The van der Waals surface area contributed by atoms with Crippen molar-refractivity contribution in [2.45, 2.75) is 59.8 Å². The first-order valence-electron chi connectivity index (χ1n) is 7.64. The third-order valence-electron chi connectivity index (χ3n) is 4.69. The van der Waals surface area contributed by atoms with E-state index in [1.807, 2.05) is 0 Å². The average Bonchev–Trinajstić information content (AvgIpc) is 2.95. The molecular formula is C17H24N2. The van der Waals surface area contributed by atoms with E-state index in [1.54, 1.807) is 5.56 Å². The van der Waals surface area contributed by atoms with E-state index in [0.29, 0.717) is 0 Å². The molecule has 2 aromatic heterocycles. The third kappa shape index (κ3) is 1.69. The van der Waals surface area contributed by atoms with Crippen molar-refractivity contribution in [1.29, 1.82) is 0 Å². The molecule has 2 heterocycles. The van der Waals surface area contributed by atoms with Gasteiger partial charge in [-0.25, -0.2) is 0 Å². The van der Waals surface area contributed by atoms with Crippen LogP contribution in [0.15, 0.2) is 0 Å². The van der Waals surface area contributed by atoms with Crippen LogP contribution in [0.5, 0.6) is 0 Å². The predicted octanol–water partition coefficient (Wildman–Crippen LogP) is 4.10. The molecule has 19 heavy (non-hydrogen) atoms. The maximum atomic E-state index is 3.70. The molecule has 0 spiro atoms. The molecule has 102 valence electrons. The number of aryl methyl sites for hydroxylation is 3. The van der Waals surface area contributed by atoms with Crippen molar-refractivity contribution >= 4 is 0 Å². The highest BCUT2D eigenvalue weighted by Crippen LogP contribution is 2.39. The number of H-pyrrole nitrogens is 2. The van der Waals surface area contributed by atoms with E-state index in [9.17, 15) is 0 Å². The molecule has 2 nitrogen and oxygen atoms in total. The lowest BCUT2D eigenvalue weighted by Crippen LogP contribution is -2.03. The maximum Gasteiger partial charge on any atom is 0.0512 e. The van der Waals surface area contributed by atoms with Crippen molar-refractivity contribution in [2.24, 2.45) is 0 Å². The molecule has 1 aliphatic rings. The van der Waals surface area contributed by atoms with Crippen LogP contribution in [-0.4, -0.2) is 9.97 Å². The lowest BCUT2D eigenvalue weighted by Gasteiger charge is -2.14. The van der Waals surface area contributed by atoms with Crippen LogP contribution in [-0.2, 0) is 32.1 Å². The van der Waals surface area contributed by atoms with E-state index >= 15 is 0 Å². The van der Waals surface area contributed by atoms with Crippen molar-refractivity contribution in [2.75, 3.05) is 0 Å². The molecule has 0 radical (unpaired) electrons. The lowest BCUT2D eigenvalue weighted by molar-refractivity contribution is 0.891. The van der Waals surface area contributed by atoms with Crippen LogP contribution in [0, 0.1) is 6.92 Å². The minimum atomic E-state index is 1.10. The second kappa shape index (κ2) is 4.59. The molecule has 0 aromatic carbocycles. The summed E-state index contributed by atoms with van der Waals surface area (Å²) in [7, 11) is 0. The number of fused-ring (bicyclic) bond motifs is 3. The molecule has 0 aliphatic heterocycles. The molecule has 0 saturated heterocycles. The van der Waals surface area contributed by atoms with Crippen molar-refractivity contribution in [3.63, 3.8) is 0 Å². The normalized spacial score (nSPS) is 13.5. The fraction of sp³-hybridized carbons (Fsp3) is 0.529. The van der Waals surface area contributed by atoms with Crippen molar-refractivity contribution in [3.05, 3.63) is 33.8 Å². The van der Waals surface area contributed by atoms with E-state index < -0.39 is 0 Å². The van der Waals surface area contributed by atoms with Gasteiger partial charge in [-0.1, -0.05) is 20.8 Å². The first-order chi connectivity index (χ1) is 9.21. The third-order valence-corrected chi connectivity index (χ3v) is 4.69. The largest absolute Gasteiger partial charge is 0.361 e. The first kappa shape index (κ1) is 12.6. The Labute approximate surface area is 115 Å². The summed E-state index contributed by atoms with van der Waals surface area (Å²) in [6, 6.07) is 0. The fourth-order valence-electron chi connectivity index (χ4n) is 3.65. The molecule has 3 rings (SSSR count). The van der Waals surface area contributed by atoms with Crippen LogP contribution in [0.25, 0.3) is 11.3 Å². The summed E-state index contributed by atoms with van der Waals surface area (Å²) in [5.74, 6) is 0. The Morgan fingerprint density at radius 1 is 0.895 bits per heavy atom. The molecule has 2 N–H and O–H groups in total. The standard InChI is InChI=1S/C17H24N2/c1-5-11-14(7-3)18-15-9-8-12-10(4)13(6-2)19-17(12)16(11)15/h18-19H,5-9H2,1-4H3. The van der Waals surface area contributed by atoms with Gasteiger partial charge in [0.2, 0.25) is 0 Å². The molecule has 0 atom stereocenters. The monoisotopic (exact) mass is 256 g/mol. The Morgan fingerprint density at radius 3 is 2.26 bits per heavy atom. The molecular weight excluding hydrogens is 232 g/mol. The summed E-state index contributed by atoms with van der Waals surface area (Å²) < 4.78 is 0. The molecule has 0 bridgehead atoms. The van der Waals surface area contributed by atoms with Gasteiger partial charge in [-0.05, 0) is 55.7 Å². The van der Waals surface area contributed by atoms with Crippen LogP contribution >= 0.6 is 0 Å². The van der Waals surface area contributed by atoms with Crippen LogP contribution in [0.3, 0.4) is 0 Å². The summed E-state index contributed by atoms with van der Waals surface area (Å²) in [6.45, 7) is 9.03. The Kier molecular flexibility index (Phi) is 3.04. The van der Waals surface area contributed by atoms with Gasteiger partial charge in [-0.3, -0.25) is 0 Å². The van der Waals surface area contributed by atoms with Crippen molar-refractivity contribution in [1.82, 2.24) is 9.97 Å². The van der Waals surface area contributed by atoms with Crippen LogP contribution < -0.4 is 0 Å². The molecule has 0 amide bonds. The molecule has 0 unspecified atom stereocenters. The van der Waals surface area contributed by atoms with Gasteiger partial charge in [0, 0.05) is 22.6 Å². The number of aromatic nitrogens is 2. The zero-order valence-corrected chi connectivity index (χ0v) is 12.5. The van der Waals surface area contributed by atoms with Crippen LogP contribution in [0.4, 0.5) is 0 Å². The van der Waals surface area contributed by atoms with Gasteiger partial charge < -0.3 is 9.97 Å². The smallest absolute Gasteiger partial charge is 0.0512 e. The van der Waals surface area contributed by atoms with E-state index in [1.165, 1.54) is 45.9 Å². The highest BCUT2D eigenvalue weighted by molar-refractivity contribution is 5.75. The Balaban J connectivity index is 2.25. The van der Waals surface area contributed by atoms with Gasteiger partial charge in [-0.15, -0.1) is 0 Å². The van der Waals surface area contributed by atoms with E-state index in [0.717, 1.165) is 25.7 Å². The first-order valence-corrected chi connectivity index (χ1v) is 7.64. The molecule has 2 aromatic rings. The highest BCUT2D eigenvalue weighted by atomic mass is 14.8. The van der Waals surface area contributed by atoms with Gasteiger partial charge in [-0.2, -0.15) is 0 Å². The summed E-state index contributed by atoms with van der Waals surface area (Å²) >= 11 is 0. The Bertz CT molecular complexity index is 614. The van der Waals surface area contributed by atoms with Crippen LogP contribution in [0.2, 0.25) is 0 Å². The Hall–Kier alpha value is -1.44. The van der Waals surface area contributed by atoms with E-state index in [4.69, 9.17) is 0 Å². The van der Waals surface area contributed by atoms with E-state index in [2.05, 4.69) is 37.7 Å². The minimum Gasteiger partial charge on any atom is -0.361 e. The zero-order valence-electron chi connectivity index (χ0n) is 12.5. The number of aromatic amines is 2. The van der Waals surface area contributed by atoms with Gasteiger partial charge in [0.1, 0.15) is 0 Å². The number of rotatable bonds is 3. The van der Waals surface area contributed by atoms with Gasteiger partial charge in [0.25, 0.3) is 0 Å². The van der Waals surface area contributed by atoms with Gasteiger partial charge in [0.15, 0.2) is 0 Å². The molecule has 0 saturated carbocycles. The maximum absolute atomic E-state index is 3.70. The Morgan fingerprint density at radius 2 is 1.63 bits per heavy atom. The molecule has 2 heteroatoms. The molecule has 0 fully saturated rings. The van der Waals surface area contributed by atoms with Crippen molar-refractivity contribution in [3.8, 4) is 11.3 Å². The van der Waals surface area contributed by atoms with Gasteiger partial charge >= 0.3 is 0 Å². The van der Waals surface area contributed by atoms with Crippen molar-refractivity contribution < 1.29 is 0 Å². The molecule has 1 aliphatic carbocycles. The predicted molar refractivity (Wildman–Crippen MR) is 80.9 cm³/mol. The second-order valence-corrected chi connectivity index (χ2v) is 5.58. The summed E-state index contributed by atoms with van der Waals surface area (Å²) in [6.07, 6.45) is 5.66. The summed E-state index contributed by atoms with van der Waals surface area (Å²) in [4.78, 5) is 7.37. The number of hydrogen-bond acceptors (Lipinski definition) is 0. The second-order valence-electron chi connectivity index (χ2n) is 5.58. The highest BCUT2D eigenvalue weighted by Gasteiger charge is 2.26. The SMILES string of the molecule is CCc1[nH]c2c(c1C)CCc1[nH]c(CC)c(CC)c1-2. The average molecular weight is 256 g/mol. The van der Waals surface area contributed by atoms with E-state index in [-0.39, 0.29) is 0 Å². The summed E-state index contributed by atoms with van der Waals surface area (Å²) in [5, 5.41) is 0. The van der Waals surface area contributed by atoms with Gasteiger partial charge in [0.05, 0.1) is 5.69 Å². The minimum absolute atomic E-state index is 1.10. The topological polar surface area (TPSA) is 31.6 Å². The quantitative estimate of drug-likeness (QED) is 0.828. The summed E-state index contributed by atoms with van der Waals surface area (Å²) in [5.41, 5.74) is 11.8. The lowest BCUT2D eigenvalue weighted by atomic mass is 9.90. The fourth-order valence-corrected chi connectivity index (χ4v) is 3.65. The van der Waals surface area contributed by atoms with Crippen LogP contribution in [0.1, 0.15) is 54.5 Å². The number of hydrogen-bond donors (Lipinski definition) is 2. The zero-order chi connectivity index (χ0) is 13.6. The number of nitrogens with one attached hydrogen (secondary N) is 2.